The fraction of sp³-hybridized carbons (Fsp3) is 0.238. The summed E-state index contributed by atoms with van der Waals surface area (Å²) in [4.78, 5) is 41.2. The number of benzene rings is 2. The van der Waals surface area contributed by atoms with Crippen molar-refractivity contribution in [3.8, 4) is 10.6 Å². The number of anilines is 1. The number of nitrogens with zero attached hydrogens (tertiary/aromatic N) is 2. The Hall–Kier alpha value is -3.26. The molecule has 0 radical (unpaired) electrons. The summed E-state index contributed by atoms with van der Waals surface area (Å²) in [6.07, 6.45) is 1.10. The first-order chi connectivity index (χ1) is 14.1. The first-order valence-corrected chi connectivity index (χ1v) is 10.3. The zero-order valence-corrected chi connectivity index (χ0v) is 16.5. The quantitative estimate of drug-likeness (QED) is 0.481. The topological polar surface area (TPSA) is 91.4 Å². The lowest BCUT2D eigenvalue weighted by molar-refractivity contribution is -0.138. The van der Waals surface area contributed by atoms with E-state index >= 15 is 0 Å². The largest absolute Gasteiger partial charge is 0.338 e. The first kappa shape index (κ1) is 19.1. The van der Waals surface area contributed by atoms with Gasteiger partial charge in [0.25, 0.3) is 0 Å². The molecule has 1 aliphatic rings. The second-order valence-corrected chi connectivity index (χ2v) is 7.77. The highest BCUT2D eigenvalue weighted by molar-refractivity contribution is 7.21. The summed E-state index contributed by atoms with van der Waals surface area (Å²) in [6, 6.07) is 15.2. The van der Waals surface area contributed by atoms with Gasteiger partial charge in [-0.05, 0) is 30.7 Å². The Bertz CT molecular complexity index is 1030. The van der Waals surface area contributed by atoms with E-state index < -0.39 is 0 Å². The average molecular weight is 408 g/mol. The van der Waals surface area contributed by atoms with Gasteiger partial charge in [0.1, 0.15) is 5.01 Å². The number of thiazole rings is 1. The van der Waals surface area contributed by atoms with Gasteiger partial charge in [0.2, 0.25) is 11.8 Å². The molecule has 1 aliphatic heterocycles. The monoisotopic (exact) mass is 408 g/mol. The maximum Gasteiger partial charge on any atom is 0.319 e. The number of para-hydroxylation sites is 1. The van der Waals surface area contributed by atoms with Crippen molar-refractivity contribution in [3.05, 3.63) is 48.5 Å². The number of imide groups is 1. The Morgan fingerprint density at radius 2 is 1.86 bits per heavy atom. The molecule has 2 N–H and O–H groups in total. The number of aromatic nitrogens is 1. The Labute approximate surface area is 171 Å². The zero-order valence-electron chi connectivity index (χ0n) is 15.7. The lowest BCUT2D eigenvalue weighted by atomic mass is 10.2. The Morgan fingerprint density at radius 3 is 2.66 bits per heavy atom. The van der Waals surface area contributed by atoms with Crippen molar-refractivity contribution in [2.45, 2.75) is 19.3 Å². The molecular formula is C21H20N4O3S. The van der Waals surface area contributed by atoms with Gasteiger partial charge in [-0.3, -0.25) is 14.5 Å². The van der Waals surface area contributed by atoms with Gasteiger partial charge < -0.3 is 10.6 Å². The van der Waals surface area contributed by atoms with Crippen LogP contribution in [0.5, 0.6) is 0 Å². The van der Waals surface area contributed by atoms with Crippen LogP contribution in [-0.2, 0) is 9.59 Å². The highest BCUT2D eigenvalue weighted by atomic mass is 32.1. The highest BCUT2D eigenvalue weighted by Crippen LogP contribution is 2.31. The lowest BCUT2D eigenvalue weighted by Gasteiger charge is -2.14. The number of hydrogen-bond acceptors (Lipinski definition) is 5. The smallest absolute Gasteiger partial charge is 0.319 e. The first-order valence-electron chi connectivity index (χ1n) is 9.44. The summed E-state index contributed by atoms with van der Waals surface area (Å²) < 4.78 is 1.12. The van der Waals surface area contributed by atoms with Crippen molar-refractivity contribution in [2.24, 2.45) is 0 Å². The van der Waals surface area contributed by atoms with Crippen LogP contribution in [0.4, 0.5) is 10.5 Å². The van der Waals surface area contributed by atoms with Crippen LogP contribution in [-0.4, -0.2) is 40.8 Å². The summed E-state index contributed by atoms with van der Waals surface area (Å²) in [5, 5.41) is 6.46. The number of carbonyl (C=O) groups excluding carboxylic acids is 3. The summed E-state index contributed by atoms with van der Waals surface area (Å²) in [5.74, 6) is -0.266. The summed E-state index contributed by atoms with van der Waals surface area (Å²) in [5.41, 5.74) is 2.57. The second-order valence-electron chi connectivity index (χ2n) is 6.74. The van der Waals surface area contributed by atoms with Gasteiger partial charge in [-0.15, -0.1) is 11.3 Å². The molecule has 8 heteroatoms. The Balaban J connectivity index is 1.31. The number of urea groups is 1. The molecule has 1 aromatic heterocycles. The number of carbonyl (C=O) groups is 3. The zero-order chi connectivity index (χ0) is 20.2. The fourth-order valence-electron chi connectivity index (χ4n) is 3.21. The van der Waals surface area contributed by atoms with Gasteiger partial charge in [-0.1, -0.05) is 24.3 Å². The highest BCUT2D eigenvalue weighted by Gasteiger charge is 2.27. The van der Waals surface area contributed by atoms with Crippen LogP contribution in [0.1, 0.15) is 19.3 Å². The average Bonchev–Trinajstić information content (AvgIpc) is 3.29. The van der Waals surface area contributed by atoms with Gasteiger partial charge in [-0.2, -0.15) is 0 Å². The van der Waals surface area contributed by atoms with E-state index in [9.17, 15) is 14.4 Å². The maximum atomic E-state index is 12.1. The van der Waals surface area contributed by atoms with E-state index in [4.69, 9.17) is 0 Å². The predicted octanol–water partition coefficient (Wildman–Crippen LogP) is 3.62. The van der Waals surface area contributed by atoms with E-state index in [0.29, 0.717) is 25.2 Å². The van der Waals surface area contributed by atoms with Crippen molar-refractivity contribution < 1.29 is 14.4 Å². The second kappa shape index (κ2) is 8.40. The third-order valence-electron chi connectivity index (χ3n) is 4.66. The Kier molecular flexibility index (Phi) is 5.53. The van der Waals surface area contributed by atoms with Gasteiger partial charge in [0, 0.05) is 37.2 Å². The molecule has 4 amide bonds. The van der Waals surface area contributed by atoms with Gasteiger partial charge in [0.15, 0.2) is 0 Å². The van der Waals surface area contributed by atoms with Crippen LogP contribution in [0.3, 0.4) is 0 Å². The van der Waals surface area contributed by atoms with Crippen LogP contribution in [0.2, 0.25) is 0 Å². The molecule has 0 aliphatic carbocycles. The minimum absolute atomic E-state index is 0.133. The fourth-order valence-corrected chi connectivity index (χ4v) is 4.17. The van der Waals surface area contributed by atoms with Crippen LogP contribution in [0.25, 0.3) is 20.8 Å². The molecule has 148 valence electrons. The molecule has 3 aromatic rings. The van der Waals surface area contributed by atoms with Crippen LogP contribution < -0.4 is 10.6 Å². The van der Waals surface area contributed by atoms with Crippen LogP contribution in [0, 0.1) is 0 Å². The van der Waals surface area contributed by atoms with Gasteiger partial charge in [0.05, 0.1) is 10.2 Å². The van der Waals surface area contributed by atoms with E-state index in [0.717, 1.165) is 20.8 Å². The summed E-state index contributed by atoms with van der Waals surface area (Å²) in [6.45, 7) is 0.714. The summed E-state index contributed by atoms with van der Waals surface area (Å²) >= 11 is 1.61. The third-order valence-corrected chi connectivity index (χ3v) is 5.75. The normalized spacial score (nSPS) is 13.9. The van der Waals surface area contributed by atoms with Crippen molar-refractivity contribution in [1.29, 1.82) is 0 Å². The van der Waals surface area contributed by atoms with E-state index in [2.05, 4.69) is 15.6 Å². The molecule has 1 fully saturated rings. The third kappa shape index (κ3) is 4.43. The van der Waals surface area contributed by atoms with E-state index in [-0.39, 0.29) is 30.7 Å². The molecule has 0 atom stereocenters. The molecule has 4 rings (SSSR count). The molecule has 29 heavy (non-hydrogen) atoms. The van der Waals surface area contributed by atoms with Crippen molar-refractivity contribution >= 4 is 45.1 Å². The number of nitrogens with one attached hydrogen (secondary N) is 2. The van der Waals surface area contributed by atoms with Gasteiger partial charge >= 0.3 is 6.03 Å². The standard InChI is InChI=1S/C21H20N4O3S/c26-18-9-10-19(27)25(18)12-4-11-22-21(28)23-15-6-3-5-14(13-15)20-24-16-7-1-2-8-17(16)29-20/h1-3,5-8,13H,4,9-12H2,(H2,22,23,28). The van der Waals surface area contributed by atoms with Crippen molar-refractivity contribution in [1.82, 2.24) is 15.2 Å². The molecule has 0 saturated carbocycles. The molecule has 2 heterocycles. The van der Waals surface area contributed by atoms with Gasteiger partial charge in [-0.25, -0.2) is 9.78 Å². The molecule has 2 aromatic carbocycles. The summed E-state index contributed by atoms with van der Waals surface area (Å²) in [7, 11) is 0. The van der Waals surface area contributed by atoms with E-state index in [1.54, 1.807) is 11.3 Å². The lowest BCUT2D eigenvalue weighted by Crippen LogP contribution is -2.34. The molecule has 1 saturated heterocycles. The minimum atomic E-state index is -0.328. The Morgan fingerprint density at radius 1 is 1.07 bits per heavy atom. The van der Waals surface area contributed by atoms with Crippen LogP contribution >= 0.6 is 11.3 Å². The van der Waals surface area contributed by atoms with Crippen molar-refractivity contribution in [3.63, 3.8) is 0 Å². The van der Waals surface area contributed by atoms with E-state index in [1.807, 2.05) is 48.5 Å². The number of likely N-dealkylation sites (tertiary alicyclic amines) is 1. The predicted molar refractivity (Wildman–Crippen MR) is 113 cm³/mol. The number of amides is 4. The van der Waals surface area contributed by atoms with E-state index in [1.165, 1.54) is 4.90 Å². The number of fused-ring (bicyclic) bond motifs is 1. The molecule has 7 nitrogen and oxygen atoms in total. The van der Waals surface area contributed by atoms with Crippen molar-refractivity contribution in [2.75, 3.05) is 18.4 Å². The number of rotatable bonds is 6. The minimum Gasteiger partial charge on any atom is -0.338 e. The SMILES string of the molecule is O=C(NCCCN1C(=O)CCC1=O)Nc1cccc(-c2nc3ccccc3s2)c1. The molecule has 0 spiro atoms. The maximum absolute atomic E-state index is 12.1. The molecular weight excluding hydrogens is 388 g/mol. The van der Waals surface area contributed by atoms with Crippen LogP contribution in [0.15, 0.2) is 48.5 Å². The number of hydrogen-bond donors (Lipinski definition) is 2. The molecule has 0 bridgehead atoms. The molecule has 0 unspecified atom stereocenters.